The smallest absolute Gasteiger partial charge is 0.359 e. The molecule has 3 N–H and O–H groups in total. The van der Waals surface area contributed by atoms with Crippen molar-refractivity contribution in [3.63, 3.8) is 0 Å². The molecule has 1 fully saturated rings. The zero-order valence-electron chi connectivity index (χ0n) is 16.8. The molecule has 2 aromatic rings. The lowest BCUT2D eigenvalue weighted by atomic mass is 10.1. The average molecular weight is 496 g/mol. The molecule has 164 valence electrons. The van der Waals surface area contributed by atoms with Gasteiger partial charge in [-0.1, -0.05) is 15.9 Å². The van der Waals surface area contributed by atoms with Crippen LogP contribution in [0.3, 0.4) is 0 Å². The van der Waals surface area contributed by atoms with Gasteiger partial charge in [-0.25, -0.2) is 33.4 Å². The summed E-state index contributed by atoms with van der Waals surface area (Å²) < 4.78 is 36.0. The number of nitrogens with two attached hydrogens (primary N) is 1. The molecule has 0 bridgehead atoms. The van der Waals surface area contributed by atoms with Gasteiger partial charge in [0.2, 0.25) is 0 Å². The van der Waals surface area contributed by atoms with Crippen molar-refractivity contribution in [3.05, 3.63) is 45.7 Å². The van der Waals surface area contributed by atoms with E-state index in [2.05, 4.69) is 26.2 Å². The number of halogens is 3. The van der Waals surface area contributed by atoms with Crippen molar-refractivity contribution in [2.45, 2.75) is 25.8 Å². The maximum absolute atomic E-state index is 15.7. The fraction of sp³-hybridized carbons (Fsp3) is 0.350. The summed E-state index contributed by atoms with van der Waals surface area (Å²) in [5.41, 5.74) is 4.59. The first kappa shape index (κ1) is 21.4. The number of hydrogen-bond acceptors (Lipinski definition) is 6. The number of nitrogens with one attached hydrogen (secondary N) is 1. The third-order valence-electron chi connectivity index (χ3n) is 5.36. The number of aromatic nitrogens is 1. The third kappa shape index (κ3) is 3.94. The van der Waals surface area contributed by atoms with E-state index in [4.69, 9.17) is 10.5 Å². The van der Waals surface area contributed by atoms with Crippen molar-refractivity contribution in [2.75, 3.05) is 24.0 Å². The second-order valence-corrected chi connectivity index (χ2v) is 8.49. The van der Waals surface area contributed by atoms with Gasteiger partial charge in [0.05, 0.1) is 24.0 Å². The van der Waals surface area contributed by atoms with Crippen LogP contribution in [-0.4, -0.2) is 35.6 Å². The molecule has 2 aliphatic rings. The zero-order valence-corrected chi connectivity index (χ0v) is 18.4. The van der Waals surface area contributed by atoms with Gasteiger partial charge in [0, 0.05) is 11.5 Å². The Morgan fingerprint density at radius 2 is 2.06 bits per heavy atom. The Labute approximate surface area is 185 Å². The molecule has 1 atom stereocenters. The number of carbonyl (C=O) groups excluding carboxylic acids is 2. The number of carbonyl (C=O) groups is 2. The normalized spacial score (nSPS) is 18.1. The van der Waals surface area contributed by atoms with Crippen LogP contribution in [-0.2, 0) is 4.74 Å². The molecule has 4 rings (SSSR count). The number of anilines is 3. The van der Waals surface area contributed by atoms with E-state index in [0.29, 0.717) is 10.4 Å². The Bertz CT molecular complexity index is 1080. The van der Waals surface area contributed by atoms with Crippen LogP contribution in [0.4, 0.5) is 30.6 Å². The van der Waals surface area contributed by atoms with Gasteiger partial charge in [-0.3, -0.25) is 0 Å². The third-order valence-corrected chi connectivity index (χ3v) is 5.86. The SMILES string of the molecule is CC1c2nc(C(=O)OCC3CC3)c(Nc3ccc(Br)cc3F)c(F)c2N(C(N)=O)N1C. The van der Waals surface area contributed by atoms with Crippen LogP contribution in [0, 0.1) is 17.6 Å². The summed E-state index contributed by atoms with van der Waals surface area (Å²) >= 11 is 3.16. The summed E-state index contributed by atoms with van der Waals surface area (Å²) in [4.78, 5) is 29.1. The fourth-order valence-electron chi connectivity index (χ4n) is 3.36. The summed E-state index contributed by atoms with van der Waals surface area (Å²) in [5, 5.41) is 4.95. The molecule has 8 nitrogen and oxygen atoms in total. The number of primary amides is 1. The van der Waals surface area contributed by atoms with Gasteiger partial charge in [0.1, 0.15) is 17.2 Å². The summed E-state index contributed by atoms with van der Waals surface area (Å²) in [6.07, 6.45) is 1.92. The minimum atomic E-state index is -0.958. The van der Waals surface area contributed by atoms with Crippen LogP contribution >= 0.6 is 15.9 Å². The largest absolute Gasteiger partial charge is 0.461 e. The van der Waals surface area contributed by atoms with Gasteiger partial charge in [-0.05, 0) is 43.9 Å². The van der Waals surface area contributed by atoms with E-state index >= 15 is 4.39 Å². The summed E-state index contributed by atoms with van der Waals surface area (Å²) in [6.45, 7) is 1.89. The Morgan fingerprint density at radius 3 is 2.68 bits per heavy atom. The molecule has 1 aliphatic heterocycles. The molecule has 2 amide bonds. The maximum Gasteiger partial charge on any atom is 0.359 e. The van der Waals surface area contributed by atoms with Gasteiger partial charge in [0.25, 0.3) is 0 Å². The zero-order chi connectivity index (χ0) is 22.4. The van der Waals surface area contributed by atoms with Crippen molar-refractivity contribution < 1.29 is 23.1 Å². The molecule has 1 unspecified atom stereocenters. The summed E-state index contributed by atoms with van der Waals surface area (Å²) in [6, 6.07) is 2.67. The molecule has 1 aromatic heterocycles. The van der Waals surface area contributed by atoms with E-state index in [9.17, 15) is 14.0 Å². The van der Waals surface area contributed by atoms with Gasteiger partial charge in [0.15, 0.2) is 11.5 Å². The summed E-state index contributed by atoms with van der Waals surface area (Å²) in [5.74, 6) is -2.18. The second kappa shape index (κ2) is 8.04. The predicted octanol–water partition coefficient (Wildman–Crippen LogP) is 4.24. The highest BCUT2D eigenvalue weighted by molar-refractivity contribution is 9.10. The van der Waals surface area contributed by atoms with Crippen molar-refractivity contribution in [1.82, 2.24) is 9.99 Å². The van der Waals surface area contributed by atoms with Gasteiger partial charge in [-0.2, -0.15) is 0 Å². The molecular formula is C20H20BrF2N5O3. The molecule has 1 aliphatic carbocycles. The first-order valence-electron chi connectivity index (χ1n) is 9.64. The molecule has 0 saturated heterocycles. The molecule has 1 saturated carbocycles. The standard InChI is InChI=1S/C20H20BrF2N5O3/c1-9-15-18(28(20(24)30)27(9)2)14(23)16(25-13-6-5-11(21)7-12(13)22)17(26-15)19(29)31-8-10-3-4-10/h5-7,9-10,25H,3-4,8H2,1-2H3,(H2,24,30). The van der Waals surface area contributed by atoms with Crippen molar-refractivity contribution in [1.29, 1.82) is 0 Å². The van der Waals surface area contributed by atoms with Gasteiger partial charge in [-0.15, -0.1) is 0 Å². The molecule has 0 spiro atoms. The molecule has 0 radical (unpaired) electrons. The molecule has 2 heterocycles. The molecule has 1 aromatic carbocycles. The Hall–Kier alpha value is -2.79. The Kier molecular flexibility index (Phi) is 5.56. The number of pyridine rings is 1. The quantitative estimate of drug-likeness (QED) is 0.601. The number of urea groups is 1. The van der Waals surface area contributed by atoms with Crippen molar-refractivity contribution in [3.8, 4) is 0 Å². The molecule has 11 heteroatoms. The summed E-state index contributed by atoms with van der Waals surface area (Å²) in [7, 11) is 1.54. The van der Waals surface area contributed by atoms with Crippen LogP contribution in [0.1, 0.15) is 42.0 Å². The first-order valence-corrected chi connectivity index (χ1v) is 10.4. The topological polar surface area (TPSA) is 101 Å². The Morgan fingerprint density at radius 1 is 1.35 bits per heavy atom. The highest BCUT2D eigenvalue weighted by Crippen LogP contribution is 2.43. The second-order valence-electron chi connectivity index (χ2n) is 7.57. The number of ether oxygens (including phenoxy) is 1. The maximum atomic E-state index is 15.7. The van der Waals surface area contributed by atoms with E-state index in [-0.39, 0.29) is 29.4 Å². The minimum absolute atomic E-state index is 0.0786. The average Bonchev–Trinajstić information content (AvgIpc) is 3.50. The van der Waals surface area contributed by atoms with E-state index in [1.54, 1.807) is 20.0 Å². The van der Waals surface area contributed by atoms with Crippen LogP contribution in [0.5, 0.6) is 0 Å². The number of hydrogen-bond donors (Lipinski definition) is 2. The highest BCUT2D eigenvalue weighted by Gasteiger charge is 2.41. The van der Waals surface area contributed by atoms with E-state index < -0.39 is 35.4 Å². The van der Waals surface area contributed by atoms with Crippen LogP contribution in [0.25, 0.3) is 0 Å². The number of rotatable bonds is 5. The number of esters is 1. The monoisotopic (exact) mass is 495 g/mol. The lowest BCUT2D eigenvalue weighted by Crippen LogP contribution is -2.44. The van der Waals surface area contributed by atoms with E-state index in [1.165, 1.54) is 17.1 Å². The molecular weight excluding hydrogens is 476 g/mol. The van der Waals surface area contributed by atoms with E-state index in [1.807, 2.05) is 0 Å². The lowest BCUT2D eigenvalue weighted by molar-refractivity contribution is 0.0479. The fourth-order valence-corrected chi connectivity index (χ4v) is 3.70. The number of hydrazine groups is 1. The van der Waals surface area contributed by atoms with Crippen molar-refractivity contribution >= 4 is 45.0 Å². The van der Waals surface area contributed by atoms with Gasteiger partial charge < -0.3 is 15.8 Å². The molecule has 31 heavy (non-hydrogen) atoms. The minimum Gasteiger partial charge on any atom is -0.461 e. The Balaban J connectivity index is 1.83. The highest BCUT2D eigenvalue weighted by atomic mass is 79.9. The van der Waals surface area contributed by atoms with Crippen LogP contribution in [0.15, 0.2) is 22.7 Å². The van der Waals surface area contributed by atoms with Crippen molar-refractivity contribution in [2.24, 2.45) is 11.7 Å². The number of benzene rings is 1. The first-order chi connectivity index (χ1) is 14.7. The van der Waals surface area contributed by atoms with Crippen LogP contribution in [0.2, 0.25) is 0 Å². The number of nitrogens with zero attached hydrogens (tertiary/aromatic N) is 3. The van der Waals surface area contributed by atoms with E-state index in [0.717, 1.165) is 17.9 Å². The number of fused-ring (bicyclic) bond motifs is 1. The van der Waals surface area contributed by atoms with Gasteiger partial charge >= 0.3 is 12.0 Å². The number of amides is 2. The predicted molar refractivity (Wildman–Crippen MR) is 113 cm³/mol. The van der Waals surface area contributed by atoms with Crippen LogP contribution < -0.4 is 16.1 Å². The lowest BCUT2D eigenvalue weighted by Gasteiger charge is -2.25.